The monoisotopic (exact) mass is 284 g/mol. The number of aryl methyl sites for hydroxylation is 3. The third kappa shape index (κ3) is 3.25. The molecule has 2 aromatic carbocycles. The second kappa shape index (κ2) is 5.75. The number of nitro groups is 1. The van der Waals surface area contributed by atoms with Gasteiger partial charge in [-0.15, -0.1) is 0 Å². The molecule has 0 bridgehead atoms. The minimum absolute atomic E-state index is 0.0331. The molecular formula is C16H16N2O3. The number of carbonyl (C=O) groups is 1. The van der Waals surface area contributed by atoms with Crippen LogP contribution in [0.5, 0.6) is 0 Å². The second-order valence-corrected chi connectivity index (χ2v) is 5.03. The van der Waals surface area contributed by atoms with Gasteiger partial charge >= 0.3 is 0 Å². The van der Waals surface area contributed by atoms with Crippen molar-refractivity contribution in [3.05, 3.63) is 68.8 Å². The molecule has 5 nitrogen and oxygen atoms in total. The van der Waals surface area contributed by atoms with Gasteiger partial charge in [0.05, 0.1) is 4.92 Å². The molecule has 21 heavy (non-hydrogen) atoms. The Labute approximate surface area is 122 Å². The fraction of sp³-hybridized carbons (Fsp3) is 0.188. The Hall–Kier alpha value is -2.69. The SMILES string of the molecule is Cc1cc(C)c(NC(=O)c2ccc([N+](=O)[O-])cc2)c(C)c1. The summed E-state index contributed by atoms with van der Waals surface area (Å²) in [6.45, 7) is 5.87. The molecule has 0 atom stereocenters. The van der Waals surface area contributed by atoms with E-state index < -0.39 is 4.92 Å². The van der Waals surface area contributed by atoms with Crippen LogP contribution < -0.4 is 5.32 Å². The summed E-state index contributed by atoms with van der Waals surface area (Å²) in [5, 5.41) is 13.5. The number of nitrogens with one attached hydrogen (secondary N) is 1. The molecule has 2 aromatic rings. The molecule has 0 fully saturated rings. The first-order chi connectivity index (χ1) is 9.88. The maximum Gasteiger partial charge on any atom is 0.269 e. The van der Waals surface area contributed by atoms with Crippen molar-refractivity contribution in [1.29, 1.82) is 0 Å². The highest BCUT2D eigenvalue weighted by atomic mass is 16.6. The minimum atomic E-state index is -0.490. The Balaban J connectivity index is 2.24. The number of hydrogen-bond donors (Lipinski definition) is 1. The summed E-state index contributed by atoms with van der Waals surface area (Å²) in [6, 6.07) is 9.54. The minimum Gasteiger partial charge on any atom is -0.322 e. The van der Waals surface area contributed by atoms with E-state index in [-0.39, 0.29) is 11.6 Å². The highest BCUT2D eigenvalue weighted by Crippen LogP contribution is 2.23. The lowest BCUT2D eigenvalue weighted by molar-refractivity contribution is -0.384. The fourth-order valence-corrected chi connectivity index (χ4v) is 2.30. The Morgan fingerprint density at radius 3 is 2.05 bits per heavy atom. The van der Waals surface area contributed by atoms with Crippen molar-refractivity contribution in [2.45, 2.75) is 20.8 Å². The average molecular weight is 284 g/mol. The van der Waals surface area contributed by atoms with Crippen molar-refractivity contribution in [3.63, 3.8) is 0 Å². The second-order valence-electron chi connectivity index (χ2n) is 5.03. The number of nitrogens with zero attached hydrogens (tertiary/aromatic N) is 1. The van der Waals surface area contributed by atoms with Crippen LogP contribution in [0.3, 0.4) is 0 Å². The van der Waals surface area contributed by atoms with Gasteiger partial charge in [-0.1, -0.05) is 17.7 Å². The van der Waals surface area contributed by atoms with Crippen LogP contribution in [0, 0.1) is 30.9 Å². The highest BCUT2D eigenvalue weighted by Gasteiger charge is 2.12. The van der Waals surface area contributed by atoms with Gasteiger partial charge in [-0.25, -0.2) is 0 Å². The van der Waals surface area contributed by atoms with Gasteiger partial charge in [0, 0.05) is 23.4 Å². The molecule has 0 aliphatic rings. The van der Waals surface area contributed by atoms with Crippen LogP contribution in [0.15, 0.2) is 36.4 Å². The number of carbonyl (C=O) groups excluding carboxylic acids is 1. The molecule has 1 amide bonds. The van der Waals surface area contributed by atoms with Crippen LogP contribution in [0.2, 0.25) is 0 Å². The Kier molecular flexibility index (Phi) is 4.03. The standard InChI is InChI=1S/C16H16N2O3/c1-10-8-11(2)15(12(3)9-10)17-16(19)13-4-6-14(7-5-13)18(20)21/h4-9H,1-3H3,(H,17,19). The molecule has 0 unspecified atom stereocenters. The molecule has 108 valence electrons. The lowest BCUT2D eigenvalue weighted by Gasteiger charge is -2.12. The van der Waals surface area contributed by atoms with Crippen LogP contribution >= 0.6 is 0 Å². The van der Waals surface area contributed by atoms with Gasteiger partial charge in [0.15, 0.2) is 0 Å². The summed E-state index contributed by atoms with van der Waals surface area (Å²) < 4.78 is 0. The summed E-state index contributed by atoms with van der Waals surface area (Å²) in [4.78, 5) is 22.3. The van der Waals surface area contributed by atoms with E-state index in [4.69, 9.17) is 0 Å². The van der Waals surface area contributed by atoms with Crippen molar-refractivity contribution < 1.29 is 9.72 Å². The largest absolute Gasteiger partial charge is 0.322 e. The summed E-state index contributed by atoms with van der Waals surface area (Å²) in [5.74, 6) is -0.278. The first-order valence-electron chi connectivity index (χ1n) is 6.52. The molecule has 0 aliphatic heterocycles. The number of rotatable bonds is 3. The first-order valence-corrected chi connectivity index (χ1v) is 6.52. The zero-order chi connectivity index (χ0) is 15.6. The number of nitro benzene ring substituents is 1. The average Bonchev–Trinajstić information content (AvgIpc) is 2.42. The van der Waals surface area contributed by atoms with E-state index in [0.29, 0.717) is 5.56 Å². The molecule has 2 rings (SSSR count). The van der Waals surface area contributed by atoms with Crippen LogP contribution in [0.4, 0.5) is 11.4 Å². The van der Waals surface area contributed by atoms with E-state index in [0.717, 1.165) is 22.4 Å². The summed E-state index contributed by atoms with van der Waals surface area (Å²) in [6.07, 6.45) is 0. The predicted octanol–water partition coefficient (Wildman–Crippen LogP) is 3.77. The molecule has 0 saturated carbocycles. The van der Waals surface area contributed by atoms with Crippen LogP contribution in [0.1, 0.15) is 27.0 Å². The van der Waals surface area contributed by atoms with Crippen molar-refractivity contribution in [2.75, 3.05) is 5.32 Å². The van der Waals surface area contributed by atoms with Gasteiger partial charge in [0.1, 0.15) is 0 Å². The quantitative estimate of drug-likeness (QED) is 0.688. The lowest BCUT2D eigenvalue weighted by atomic mass is 10.0. The molecule has 0 aromatic heterocycles. The van der Waals surface area contributed by atoms with Crippen molar-refractivity contribution >= 4 is 17.3 Å². The Bertz CT molecular complexity index is 683. The van der Waals surface area contributed by atoms with Crippen molar-refractivity contribution in [3.8, 4) is 0 Å². The molecule has 0 aliphatic carbocycles. The molecule has 5 heteroatoms. The lowest BCUT2D eigenvalue weighted by Crippen LogP contribution is -2.14. The first kappa shape index (κ1) is 14.7. The number of non-ortho nitro benzene ring substituents is 1. The smallest absolute Gasteiger partial charge is 0.269 e. The van der Waals surface area contributed by atoms with Gasteiger partial charge in [-0.05, 0) is 44.0 Å². The summed E-state index contributed by atoms with van der Waals surface area (Å²) >= 11 is 0. The molecule has 0 saturated heterocycles. The topological polar surface area (TPSA) is 72.2 Å². The number of amides is 1. The van der Waals surface area contributed by atoms with Crippen molar-refractivity contribution in [2.24, 2.45) is 0 Å². The predicted molar refractivity (Wildman–Crippen MR) is 81.7 cm³/mol. The highest BCUT2D eigenvalue weighted by molar-refractivity contribution is 6.05. The van der Waals surface area contributed by atoms with E-state index in [9.17, 15) is 14.9 Å². The van der Waals surface area contributed by atoms with Gasteiger partial charge < -0.3 is 5.32 Å². The number of benzene rings is 2. The summed E-state index contributed by atoms with van der Waals surface area (Å²) in [7, 11) is 0. The van der Waals surface area contributed by atoms with E-state index in [1.54, 1.807) is 0 Å². The van der Waals surface area contributed by atoms with E-state index in [2.05, 4.69) is 5.32 Å². The Morgan fingerprint density at radius 1 is 1.05 bits per heavy atom. The zero-order valence-corrected chi connectivity index (χ0v) is 12.1. The number of hydrogen-bond acceptors (Lipinski definition) is 3. The third-order valence-corrected chi connectivity index (χ3v) is 3.26. The van der Waals surface area contributed by atoms with E-state index in [1.165, 1.54) is 24.3 Å². The summed E-state index contributed by atoms with van der Waals surface area (Å²) in [5.41, 5.74) is 4.25. The van der Waals surface area contributed by atoms with E-state index >= 15 is 0 Å². The maximum absolute atomic E-state index is 12.2. The third-order valence-electron chi connectivity index (χ3n) is 3.26. The molecule has 1 N–H and O–H groups in total. The van der Waals surface area contributed by atoms with Gasteiger partial charge in [-0.3, -0.25) is 14.9 Å². The van der Waals surface area contributed by atoms with Crippen LogP contribution in [-0.2, 0) is 0 Å². The van der Waals surface area contributed by atoms with Gasteiger partial charge in [-0.2, -0.15) is 0 Å². The van der Waals surface area contributed by atoms with Crippen molar-refractivity contribution in [1.82, 2.24) is 0 Å². The molecule has 0 heterocycles. The van der Waals surface area contributed by atoms with E-state index in [1.807, 2.05) is 32.9 Å². The molecular weight excluding hydrogens is 268 g/mol. The van der Waals surface area contributed by atoms with Gasteiger partial charge in [0.2, 0.25) is 0 Å². The zero-order valence-electron chi connectivity index (χ0n) is 12.1. The fourth-order valence-electron chi connectivity index (χ4n) is 2.30. The normalized spacial score (nSPS) is 10.2. The Morgan fingerprint density at radius 2 is 1.57 bits per heavy atom. The number of anilines is 1. The van der Waals surface area contributed by atoms with Crippen LogP contribution in [0.25, 0.3) is 0 Å². The van der Waals surface area contributed by atoms with Gasteiger partial charge in [0.25, 0.3) is 11.6 Å². The molecule has 0 radical (unpaired) electrons. The van der Waals surface area contributed by atoms with Crippen LogP contribution in [-0.4, -0.2) is 10.8 Å². The maximum atomic E-state index is 12.2. The molecule has 0 spiro atoms.